The molecule has 0 saturated heterocycles. The molecule has 1 aliphatic rings. The van der Waals surface area contributed by atoms with Gasteiger partial charge in [-0.3, -0.25) is 4.68 Å². The summed E-state index contributed by atoms with van der Waals surface area (Å²) < 4.78 is 3.45. The van der Waals surface area contributed by atoms with Crippen LogP contribution in [0.25, 0.3) is 0 Å². The molecule has 1 saturated carbocycles. The van der Waals surface area contributed by atoms with Crippen LogP contribution in [-0.4, -0.2) is 9.78 Å². The van der Waals surface area contributed by atoms with Crippen LogP contribution in [0.4, 0.5) is 0 Å². The Bertz CT molecular complexity index is 255. The van der Waals surface area contributed by atoms with Crippen molar-refractivity contribution in [1.29, 1.82) is 0 Å². The van der Waals surface area contributed by atoms with E-state index >= 15 is 0 Å². The van der Waals surface area contributed by atoms with Gasteiger partial charge < -0.3 is 0 Å². The number of halogens is 1. The van der Waals surface area contributed by atoms with Gasteiger partial charge in [0.2, 0.25) is 0 Å². The molecule has 1 aliphatic carbocycles. The largest absolute Gasteiger partial charge is 0.268 e. The van der Waals surface area contributed by atoms with Crippen LogP contribution in [0, 0.1) is 10.5 Å². The maximum absolute atomic E-state index is 4.50. The highest BCUT2D eigenvalue weighted by Gasteiger charge is 2.17. The molecular weight excluding hydrogens is 263 g/mol. The Balaban J connectivity index is 2.21. The SMILES string of the molecule is Cc1nn(C2CCCC2)cc1I. The minimum atomic E-state index is 0.687. The van der Waals surface area contributed by atoms with Gasteiger partial charge in [-0.15, -0.1) is 0 Å². The van der Waals surface area contributed by atoms with E-state index in [1.54, 1.807) is 0 Å². The second-order valence-corrected chi connectivity index (χ2v) is 4.64. The summed E-state index contributed by atoms with van der Waals surface area (Å²) in [5, 5.41) is 4.50. The van der Waals surface area contributed by atoms with E-state index in [1.165, 1.54) is 34.9 Å². The van der Waals surface area contributed by atoms with Crippen molar-refractivity contribution in [2.75, 3.05) is 0 Å². The molecule has 0 aliphatic heterocycles. The second-order valence-electron chi connectivity index (χ2n) is 3.48. The molecule has 3 heteroatoms. The summed E-state index contributed by atoms with van der Waals surface area (Å²) in [6, 6.07) is 0.687. The zero-order valence-corrected chi connectivity index (χ0v) is 9.41. The highest BCUT2D eigenvalue weighted by molar-refractivity contribution is 14.1. The van der Waals surface area contributed by atoms with E-state index in [0.29, 0.717) is 6.04 Å². The molecule has 0 unspecified atom stereocenters. The van der Waals surface area contributed by atoms with Crippen LogP contribution < -0.4 is 0 Å². The fraction of sp³-hybridized carbons (Fsp3) is 0.667. The monoisotopic (exact) mass is 276 g/mol. The molecule has 1 fully saturated rings. The van der Waals surface area contributed by atoms with Gasteiger partial charge in [-0.2, -0.15) is 5.10 Å². The summed E-state index contributed by atoms with van der Waals surface area (Å²) in [6.45, 7) is 2.08. The number of nitrogens with zero attached hydrogens (tertiary/aromatic N) is 2. The van der Waals surface area contributed by atoms with Gasteiger partial charge in [-0.05, 0) is 42.4 Å². The van der Waals surface area contributed by atoms with Crippen LogP contribution in [0.3, 0.4) is 0 Å². The summed E-state index contributed by atoms with van der Waals surface area (Å²) in [5.74, 6) is 0. The standard InChI is InChI=1S/C9H13IN2/c1-7-9(10)6-12(11-7)8-4-2-3-5-8/h6,8H,2-5H2,1H3. The number of rotatable bonds is 1. The molecule has 0 N–H and O–H groups in total. The van der Waals surface area contributed by atoms with Gasteiger partial charge in [-0.25, -0.2) is 0 Å². The molecule has 1 aromatic heterocycles. The zero-order chi connectivity index (χ0) is 8.55. The molecule has 0 atom stereocenters. The Hall–Kier alpha value is -0.0600. The van der Waals surface area contributed by atoms with E-state index in [-0.39, 0.29) is 0 Å². The molecule has 0 bridgehead atoms. The maximum atomic E-state index is 4.50. The van der Waals surface area contributed by atoms with E-state index in [1.807, 2.05) is 0 Å². The topological polar surface area (TPSA) is 17.8 Å². The predicted molar refractivity (Wildman–Crippen MR) is 57.2 cm³/mol. The van der Waals surface area contributed by atoms with Gasteiger partial charge in [0.25, 0.3) is 0 Å². The van der Waals surface area contributed by atoms with Crippen LogP contribution in [0.15, 0.2) is 6.20 Å². The molecule has 66 valence electrons. The number of aromatic nitrogens is 2. The molecule has 0 radical (unpaired) electrons. The predicted octanol–water partition coefficient (Wildman–Crippen LogP) is 2.91. The third-order valence-electron chi connectivity index (χ3n) is 2.56. The minimum absolute atomic E-state index is 0.687. The van der Waals surface area contributed by atoms with E-state index in [2.05, 4.69) is 45.5 Å². The van der Waals surface area contributed by atoms with Crippen LogP contribution in [0.5, 0.6) is 0 Å². The molecule has 0 amide bonds. The summed E-state index contributed by atoms with van der Waals surface area (Å²) in [4.78, 5) is 0. The maximum Gasteiger partial charge on any atom is 0.0727 e. The molecule has 2 rings (SSSR count). The van der Waals surface area contributed by atoms with Crippen LogP contribution in [0.2, 0.25) is 0 Å². The molecular formula is C9H13IN2. The average molecular weight is 276 g/mol. The smallest absolute Gasteiger partial charge is 0.0727 e. The summed E-state index contributed by atoms with van der Waals surface area (Å²) in [6.07, 6.45) is 7.56. The van der Waals surface area contributed by atoms with Crippen molar-refractivity contribution in [2.24, 2.45) is 0 Å². The lowest BCUT2D eigenvalue weighted by Gasteiger charge is -2.08. The van der Waals surface area contributed by atoms with Gasteiger partial charge in [0.15, 0.2) is 0 Å². The lowest BCUT2D eigenvalue weighted by atomic mass is 10.3. The summed E-state index contributed by atoms with van der Waals surface area (Å²) in [7, 11) is 0. The van der Waals surface area contributed by atoms with Crippen molar-refractivity contribution in [3.8, 4) is 0 Å². The van der Waals surface area contributed by atoms with Crippen molar-refractivity contribution < 1.29 is 0 Å². The van der Waals surface area contributed by atoms with Crippen LogP contribution in [0.1, 0.15) is 37.4 Å². The van der Waals surface area contributed by atoms with Crippen LogP contribution in [-0.2, 0) is 0 Å². The average Bonchev–Trinajstić information content (AvgIpc) is 2.61. The Morgan fingerprint density at radius 1 is 1.50 bits per heavy atom. The number of hydrogen-bond acceptors (Lipinski definition) is 1. The first-order valence-corrected chi connectivity index (χ1v) is 5.56. The fourth-order valence-electron chi connectivity index (χ4n) is 1.82. The van der Waals surface area contributed by atoms with Gasteiger partial charge in [0.1, 0.15) is 0 Å². The van der Waals surface area contributed by atoms with E-state index < -0.39 is 0 Å². The van der Waals surface area contributed by atoms with E-state index in [4.69, 9.17) is 0 Å². The Morgan fingerprint density at radius 2 is 2.17 bits per heavy atom. The molecule has 0 aromatic carbocycles. The Morgan fingerprint density at radius 3 is 2.67 bits per heavy atom. The normalized spacial score (nSPS) is 18.8. The van der Waals surface area contributed by atoms with Gasteiger partial charge in [-0.1, -0.05) is 12.8 Å². The Kier molecular flexibility index (Phi) is 2.39. The Labute approximate surface area is 86.5 Å². The molecule has 1 aromatic rings. The van der Waals surface area contributed by atoms with Crippen molar-refractivity contribution in [1.82, 2.24) is 9.78 Å². The first kappa shape index (κ1) is 8.53. The molecule has 12 heavy (non-hydrogen) atoms. The minimum Gasteiger partial charge on any atom is -0.268 e. The van der Waals surface area contributed by atoms with Gasteiger partial charge >= 0.3 is 0 Å². The van der Waals surface area contributed by atoms with Crippen LogP contribution >= 0.6 is 22.6 Å². The molecule has 2 nitrogen and oxygen atoms in total. The van der Waals surface area contributed by atoms with Crippen molar-refractivity contribution in [3.05, 3.63) is 15.5 Å². The second kappa shape index (κ2) is 3.36. The molecule has 1 heterocycles. The summed E-state index contributed by atoms with van der Waals surface area (Å²) >= 11 is 2.35. The summed E-state index contributed by atoms with van der Waals surface area (Å²) in [5.41, 5.74) is 1.17. The van der Waals surface area contributed by atoms with Crippen molar-refractivity contribution in [2.45, 2.75) is 38.6 Å². The third kappa shape index (κ3) is 1.51. The van der Waals surface area contributed by atoms with E-state index in [9.17, 15) is 0 Å². The highest BCUT2D eigenvalue weighted by atomic mass is 127. The van der Waals surface area contributed by atoms with Gasteiger partial charge in [0, 0.05) is 6.20 Å². The van der Waals surface area contributed by atoms with Crippen molar-refractivity contribution in [3.63, 3.8) is 0 Å². The fourth-order valence-corrected chi connectivity index (χ4v) is 2.21. The highest BCUT2D eigenvalue weighted by Crippen LogP contribution is 2.29. The molecule has 0 spiro atoms. The lowest BCUT2D eigenvalue weighted by molar-refractivity contribution is 0.464. The first-order chi connectivity index (χ1) is 5.77. The third-order valence-corrected chi connectivity index (χ3v) is 3.61. The quantitative estimate of drug-likeness (QED) is 0.721. The number of hydrogen-bond donors (Lipinski definition) is 0. The zero-order valence-electron chi connectivity index (χ0n) is 7.26. The van der Waals surface area contributed by atoms with Crippen molar-refractivity contribution >= 4 is 22.6 Å². The lowest BCUT2D eigenvalue weighted by Crippen LogP contribution is -2.04. The number of aryl methyl sites for hydroxylation is 1. The van der Waals surface area contributed by atoms with E-state index in [0.717, 1.165) is 0 Å². The van der Waals surface area contributed by atoms with Gasteiger partial charge in [0.05, 0.1) is 15.3 Å². The first-order valence-electron chi connectivity index (χ1n) is 4.48.